The zero-order valence-electron chi connectivity index (χ0n) is 8.36. The van der Waals surface area contributed by atoms with Crippen LogP contribution in [0.1, 0.15) is 18.7 Å². The summed E-state index contributed by atoms with van der Waals surface area (Å²) in [4.78, 5) is 15.3. The first-order valence-corrected chi connectivity index (χ1v) is 4.43. The lowest BCUT2D eigenvalue weighted by atomic mass is 10.2. The number of aromatic nitrogens is 1. The van der Waals surface area contributed by atoms with Gasteiger partial charge in [0.25, 0.3) is 0 Å². The Balaban J connectivity index is 2.50. The van der Waals surface area contributed by atoms with Gasteiger partial charge in [-0.3, -0.25) is 9.78 Å². The van der Waals surface area contributed by atoms with Gasteiger partial charge < -0.3 is 10.1 Å². The molecule has 0 aliphatic heterocycles. The molecule has 1 aromatic rings. The van der Waals surface area contributed by atoms with E-state index in [4.69, 9.17) is 4.74 Å². The summed E-state index contributed by atoms with van der Waals surface area (Å²) in [5.41, 5.74) is 0.844. The molecule has 0 spiro atoms. The Labute approximate surface area is 83.3 Å². The highest BCUT2D eigenvalue weighted by Gasteiger charge is 2.09. The molecule has 14 heavy (non-hydrogen) atoms. The van der Waals surface area contributed by atoms with Crippen LogP contribution in [0.15, 0.2) is 24.4 Å². The zero-order chi connectivity index (χ0) is 10.4. The second-order valence-electron chi connectivity index (χ2n) is 2.98. The molecule has 1 atom stereocenters. The first-order valence-electron chi connectivity index (χ1n) is 4.43. The Kier molecular flexibility index (Phi) is 4.07. The summed E-state index contributed by atoms with van der Waals surface area (Å²) in [6.45, 7) is 1.97. The molecule has 0 unspecified atom stereocenters. The van der Waals surface area contributed by atoms with Crippen molar-refractivity contribution in [2.24, 2.45) is 0 Å². The summed E-state index contributed by atoms with van der Waals surface area (Å²) < 4.78 is 4.71. The zero-order valence-corrected chi connectivity index (χ0v) is 8.36. The molecule has 0 saturated heterocycles. The molecule has 1 heterocycles. The number of hydrogen-bond donors (Lipinski definition) is 1. The number of carbonyl (C=O) groups excluding carboxylic acids is 1. The average Bonchev–Trinajstić information content (AvgIpc) is 2.19. The third kappa shape index (κ3) is 3.14. The van der Waals surface area contributed by atoms with Gasteiger partial charge in [-0.05, 0) is 19.1 Å². The first kappa shape index (κ1) is 10.7. The fourth-order valence-electron chi connectivity index (χ4n) is 1.12. The van der Waals surface area contributed by atoms with E-state index in [9.17, 15) is 4.79 Å². The molecule has 0 fully saturated rings. The standard InChI is InChI=1S/C10H14N2O2/c1-8(12-10(13)7-14-2)9-5-3-4-6-11-9/h3-6,8H,7H2,1-2H3,(H,12,13)/t8-/m0/s1. The molecule has 0 saturated carbocycles. The van der Waals surface area contributed by atoms with Gasteiger partial charge in [0.2, 0.25) is 5.91 Å². The number of carbonyl (C=O) groups is 1. The fourth-order valence-corrected chi connectivity index (χ4v) is 1.12. The maximum absolute atomic E-state index is 11.2. The van der Waals surface area contributed by atoms with Crippen LogP contribution < -0.4 is 5.32 Å². The van der Waals surface area contributed by atoms with Crippen LogP contribution in [0.5, 0.6) is 0 Å². The predicted molar refractivity (Wildman–Crippen MR) is 52.7 cm³/mol. The summed E-state index contributed by atoms with van der Waals surface area (Å²) in [6, 6.07) is 5.52. The smallest absolute Gasteiger partial charge is 0.246 e. The number of ether oxygens (including phenoxy) is 1. The molecule has 1 aromatic heterocycles. The molecule has 76 valence electrons. The largest absolute Gasteiger partial charge is 0.375 e. The minimum absolute atomic E-state index is 0.0805. The average molecular weight is 194 g/mol. The highest BCUT2D eigenvalue weighted by Crippen LogP contribution is 2.06. The molecular formula is C10H14N2O2. The van der Waals surface area contributed by atoms with Crippen molar-refractivity contribution >= 4 is 5.91 Å². The van der Waals surface area contributed by atoms with Gasteiger partial charge in [-0.1, -0.05) is 6.07 Å². The van der Waals surface area contributed by atoms with E-state index in [1.165, 1.54) is 7.11 Å². The molecule has 4 nitrogen and oxygen atoms in total. The summed E-state index contributed by atoms with van der Waals surface area (Å²) >= 11 is 0. The summed E-state index contributed by atoms with van der Waals surface area (Å²) in [7, 11) is 1.49. The van der Waals surface area contributed by atoms with Gasteiger partial charge in [-0.25, -0.2) is 0 Å². The fraction of sp³-hybridized carbons (Fsp3) is 0.400. The van der Waals surface area contributed by atoms with Gasteiger partial charge in [0.1, 0.15) is 6.61 Å². The van der Waals surface area contributed by atoms with Crippen molar-refractivity contribution < 1.29 is 9.53 Å². The molecule has 4 heteroatoms. The van der Waals surface area contributed by atoms with Gasteiger partial charge in [-0.15, -0.1) is 0 Å². The van der Waals surface area contributed by atoms with E-state index in [2.05, 4.69) is 10.3 Å². The molecule has 1 rings (SSSR count). The quantitative estimate of drug-likeness (QED) is 0.775. The molecule has 0 radical (unpaired) electrons. The number of hydrogen-bond acceptors (Lipinski definition) is 3. The van der Waals surface area contributed by atoms with E-state index in [1.807, 2.05) is 25.1 Å². The van der Waals surface area contributed by atoms with E-state index in [0.29, 0.717) is 0 Å². The first-order chi connectivity index (χ1) is 6.74. The normalized spacial score (nSPS) is 12.1. The third-order valence-electron chi connectivity index (χ3n) is 1.78. The van der Waals surface area contributed by atoms with Crippen LogP contribution >= 0.6 is 0 Å². The predicted octanol–water partition coefficient (Wildman–Crippen LogP) is 0.905. The molecule has 1 N–H and O–H groups in total. The van der Waals surface area contributed by atoms with Crippen LogP contribution in [0.4, 0.5) is 0 Å². The summed E-state index contributed by atoms with van der Waals surface area (Å²) in [6.07, 6.45) is 1.70. The lowest BCUT2D eigenvalue weighted by Crippen LogP contribution is -2.30. The van der Waals surface area contributed by atoms with Crippen molar-refractivity contribution in [3.63, 3.8) is 0 Å². The number of nitrogens with one attached hydrogen (secondary N) is 1. The van der Waals surface area contributed by atoms with Crippen molar-refractivity contribution in [1.82, 2.24) is 10.3 Å². The van der Waals surface area contributed by atoms with Gasteiger partial charge >= 0.3 is 0 Å². The second-order valence-corrected chi connectivity index (χ2v) is 2.98. The maximum atomic E-state index is 11.2. The number of pyridine rings is 1. The van der Waals surface area contributed by atoms with Crippen LogP contribution in [0, 0.1) is 0 Å². The Bertz CT molecular complexity index is 287. The number of nitrogens with zero attached hydrogens (tertiary/aromatic N) is 1. The molecule has 1 amide bonds. The van der Waals surface area contributed by atoms with Crippen LogP contribution in [-0.4, -0.2) is 24.6 Å². The van der Waals surface area contributed by atoms with Crippen LogP contribution in [0.2, 0.25) is 0 Å². The number of methoxy groups -OCH3 is 1. The van der Waals surface area contributed by atoms with Crippen molar-refractivity contribution in [3.05, 3.63) is 30.1 Å². The Hall–Kier alpha value is -1.42. The minimum atomic E-state index is -0.134. The van der Waals surface area contributed by atoms with Crippen molar-refractivity contribution in [1.29, 1.82) is 0 Å². The van der Waals surface area contributed by atoms with E-state index < -0.39 is 0 Å². The van der Waals surface area contributed by atoms with Gasteiger partial charge in [0.15, 0.2) is 0 Å². The topological polar surface area (TPSA) is 51.2 Å². The van der Waals surface area contributed by atoms with Crippen molar-refractivity contribution in [3.8, 4) is 0 Å². The van der Waals surface area contributed by atoms with Crippen molar-refractivity contribution in [2.45, 2.75) is 13.0 Å². The third-order valence-corrected chi connectivity index (χ3v) is 1.78. The summed E-state index contributed by atoms with van der Waals surface area (Å²) in [5, 5.41) is 2.77. The number of rotatable bonds is 4. The molecule has 0 aliphatic rings. The van der Waals surface area contributed by atoms with Crippen LogP contribution in [0.3, 0.4) is 0 Å². The highest BCUT2D eigenvalue weighted by molar-refractivity contribution is 5.77. The van der Waals surface area contributed by atoms with Gasteiger partial charge in [0, 0.05) is 13.3 Å². The monoisotopic (exact) mass is 194 g/mol. The highest BCUT2D eigenvalue weighted by atomic mass is 16.5. The maximum Gasteiger partial charge on any atom is 0.246 e. The SMILES string of the molecule is COCC(=O)N[C@@H](C)c1ccccn1. The summed E-state index contributed by atoms with van der Waals surface area (Å²) in [5.74, 6) is -0.134. The van der Waals surface area contributed by atoms with Crippen molar-refractivity contribution in [2.75, 3.05) is 13.7 Å². The van der Waals surface area contributed by atoms with E-state index >= 15 is 0 Å². The van der Waals surface area contributed by atoms with Crippen LogP contribution in [0.25, 0.3) is 0 Å². The van der Waals surface area contributed by atoms with Crippen LogP contribution in [-0.2, 0) is 9.53 Å². The second kappa shape index (κ2) is 5.34. The molecule has 0 bridgehead atoms. The number of amides is 1. The lowest BCUT2D eigenvalue weighted by Gasteiger charge is -2.12. The minimum Gasteiger partial charge on any atom is -0.375 e. The van der Waals surface area contributed by atoms with E-state index in [-0.39, 0.29) is 18.6 Å². The van der Waals surface area contributed by atoms with E-state index in [0.717, 1.165) is 5.69 Å². The molecular weight excluding hydrogens is 180 g/mol. The van der Waals surface area contributed by atoms with E-state index in [1.54, 1.807) is 6.20 Å². The van der Waals surface area contributed by atoms with Gasteiger partial charge in [0.05, 0.1) is 11.7 Å². The Morgan fingerprint density at radius 1 is 1.64 bits per heavy atom. The Morgan fingerprint density at radius 2 is 2.43 bits per heavy atom. The molecule has 0 aliphatic carbocycles. The Morgan fingerprint density at radius 3 is 3.00 bits per heavy atom. The van der Waals surface area contributed by atoms with Gasteiger partial charge in [-0.2, -0.15) is 0 Å². The molecule has 0 aromatic carbocycles. The lowest BCUT2D eigenvalue weighted by molar-refractivity contribution is -0.125.